The van der Waals surface area contributed by atoms with Crippen LogP contribution >= 0.6 is 0 Å². The molecule has 0 unspecified atom stereocenters. The van der Waals surface area contributed by atoms with Crippen LogP contribution in [0, 0.1) is 17.3 Å². The molecular weight excluding hydrogens is 280 g/mol. The van der Waals surface area contributed by atoms with E-state index in [0.717, 1.165) is 18.4 Å². The summed E-state index contributed by atoms with van der Waals surface area (Å²) in [5.74, 6) is 1.14. The Kier molecular flexibility index (Phi) is 3.81. The van der Waals surface area contributed by atoms with Gasteiger partial charge in [0.2, 0.25) is 5.91 Å². The molecule has 0 spiro atoms. The number of rotatable bonds is 4. The van der Waals surface area contributed by atoms with Gasteiger partial charge in [0.25, 0.3) is 0 Å². The molecule has 2 saturated carbocycles. The van der Waals surface area contributed by atoms with Crippen LogP contribution in [0.4, 0.5) is 0 Å². The minimum absolute atomic E-state index is 0.0244. The van der Waals surface area contributed by atoms with Gasteiger partial charge in [0.1, 0.15) is 0 Å². The number of methoxy groups -OCH3 is 1. The number of benzene rings is 1. The van der Waals surface area contributed by atoms with E-state index in [2.05, 4.69) is 17.5 Å². The quantitative estimate of drug-likeness (QED) is 0.663. The van der Waals surface area contributed by atoms with Crippen LogP contribution in [0.5, 0.6) is 11.5 Å². The van der Waals surface area contributed by atoms with E-state index in [1.165, 1.54) is 20.0 Å². The number of nitrogens with zero attached hydrogens (tertiary/aromatic N) is 1. The van der Waals surface area contributed by atoms with Crippen LogP contribution in [0.3, 0.4) is 0 Å². The summed E-state index contributed by atoms with van der Waals surface area (Å²) in [6.45, 7) is 2.22. The van der Waals surface area contributed by atoms with Crippen LogP contribution in [0.25, 0.3) is 0 Å². The van der Waals surface area contributed by atoms with Gasteiger partial charge in [-0.3, -0.25) is 4.79 Å². The van der Waals surface area contributed by atoms with E-state index in [0.29, 0.717) is 11.7 Å². The van der Waals surface area contributed by atoms with E-state index >= 15 is 0 Å². The minimum atomic E-state index is 0.0244. The highest BCUT2D eigenvalue weighted by Crippen LogP contribution is 2.66. The molecule has 0 aromatic heterocycles. The van der Waals surface area contributed by atoms with Gasteiger partial charge in [-0.1, -0.05) is 19.8 Å². The van der Waals surface area contributed by atoms with Crippen LogP contribution in [0.1, 0.15) is 38.2 Å². The van der Waals surface area contributed by atoms with E-state index in [4.69, 9.17) is 4.74 Å². The zero-order chi connectivity index (χ0) is 15.7. The van der Waals surface area contributed by atoms with E-state index in [9.17, 15) is 9.90 Å². The number of aromatic hydroxyl groups is 1. The lowest BCUT2D eigenvalue weighted by Gasteiger charge is -2.15. The molecule has 0 heterocycles. The Bertz CT molecular complexity index is 614. The number of hydrazone groups is 1. The molecule has 0 bridgehead atoms. The molecule has 3 atom stereocenters. The molecule has 1 amide bonds. The van der Waals surface area contributed by atoms with Crippen molar-refractivity contribution < 1.29 is 14.6 Å². The second kappa shape index (κ2) is 5.63. The van der Waals surface area contributed by atoms with Crippen molar-refractivity contribution in [1.82, 2.24) is 5.43 Å². The molecule has 0 radical (unpaired) electrons. The fraction of sp³-hybridized carbons (Fsp3) is 0.529. The largest absolute Gasteiger partial charge is 0.504 e. The third-order valence-corrected chi connectivity index (χ3v) is 5.21. The van der Waals surface area contributed by atoms with Gasteiger partial charge in [0.15, 0.2) is 11.5 Å². The highest BCUT2D eigenvalue weighted by Gasteiger charge is 2.64. The Labute approximate surface area is 130 Å². The third kappa shape index (κ3) is 2.56. The number of carbonyl (C=O) groups excluding carboxylic acids is 1. The summed E-state index contributed by atoms with van der Waals surface area (Å²) in [4.78, 5) is 12.3. The number of hydrogen-bond acceptors (Lipinski definition) is 4. The van der Waals surface area contributed by atoms with Crippen LogP contribution in [0.2, 0.25) is 0 Å². The number of carbonyl (C=O) groups is 1. The second-order valence-electron chi connectivity index (χ2n) is 6.50. The number of amides is 1. The van der Waals surface area contributed by atoms with Gasteiger partial charge in [-0.15, -0.1) is 0 Å². The molecule has 5 heteroatoms. The van der Waals surface area contributed by atoms with Crippen LogP contribution < -0.4 is 10.2 Å². The Hall–Kier alpha value is -2.04. The lowest BCUT2D eigenvalue weighted by Crippen LogP contribution is -2.22. The summed E-state index contributed by atoms with van der Waals surface area (Å²) in [5, 5.41) is 13.6. The topological polar surface area (TPSA) is 70.9 Å². The first-order valence-electron chi connectivity index (χ1n) is 7.76. The Morgan fingerprint density at radius 2 is 2.32 bits per heavy atom. The lowest BCUT2D eigenvalue weighted by atomic mass is 9.90. The van der Waals surface area contributed by atoms with Crippen molar-refractivity contribution in [2.75, 3.05) is 7.11 Å². The van der Waals surface area contributed by atoms with Crippen molar-refractivity contribution in [3.8, 4) is 11.5 Å². The maximum absolute atomic E-state index is 12.3. The van der Waals surface area contributed by atoms with Gasteiger partial charge >= 0.3 is 0 Å². The minimum Gasteiger partial charge on any atom is -0.504 e. The van der Waals surface area contributed by atoms with E-state index < -0.39 is 0 Å². The number of ether oxygens (including phenoxy) is 1. The Morgan fingerprint density at radius 1 is 1.50 bits per heavy atom. The monoisotopic (exact) mass is 302 g/mol. The molecule has 118 valence electrons. The molecule has 2 aliphatic rings. The standard InChI is InChI=1S/C17H22N2O3/c1-17-8-4-3-5-12(17)15(17)16(21)19-18-10-11-6-7-13(20)14(9-11)22-2/h6-7,9-10,12,15,20H,3-5,8H2,1-2H3,(H,19,21)/b18-10-/t12-,15+,17+/m0/s1. The molecule has 5 nitrogen and oxygen atoms in total. The van der Waals surface area contributed by atoms with Gasteiger partial charge in [-0.05, 0) is 47.9 Å². The van der Waals surface area contributed by atoms with Crippen molar-refractivity contribution in [2.24, 2.45) is 22.4 Å². The zero-order valence-corrected chi connectivity index (χ0v) is 13.0. The average molecular weight is 302 g/mol. The van der Waals surface area contributed by atoms with Crippen molar-refractivity contribution in [3.05, 3.63) is 23.8 Å². The van der Waals surface area contributed by atoms with E-state index in [1.54, 1.807) is 24.4 Å². The number of phenols is 1. The first kappa shape index (κ1) is 14.9. The zero-order valence-electron chi connectivity index (χ0n) is 13.0. The predicted molar refractivity (Wildman–Crippen MR) is 84.0 cm³/mol. The van der Waals surface area contributed by atoms with Crippen molar-refractivity contribution in [2.45, 2.75) is 32.6 Å². The van der Waals surface area contributed by atoms with Gasteiger partial charge in [-0.2, -0.15) is 5.10 Å². The first-order chi connectivity index (χ1) is 10.6. The fourth-order valence-corrected chi connectivity index (χ4v) is 3.86. The maximum Gasteiger partial charge on any atom is 0.244 e. The molecule has 1 aromatic carbocycles. The van der Waals surface area contributed by atoms with Crippen LogP contribution in [0.15, 0.2) is 23.3 Å². The van der Waals surface area contributed by atoms with Gasteiger partial charge in [0.05, 0.1) is 13.3 Å². The molecule has 22 heavy (non-hydrogen) atoms. The van der Waals surface area contributed by atoms with Crippen molar-refractivity contribution in [3.63, 3.8) is 0 Å². The molecular formula is C17H22N2O3. The normalized spacial score (nSPS) is 29.9. The lowest BCUT2D eigenvalue weighted by molar-refractivity contribution is -0.123. The third-order valence-electron chi connectivity index (χ3n) is 5.21. The molecule has 3 rings (SSSR count). The van der Waals surface area contributed by atoms with Crippen molar-refractivity contribution >= 4 is 12.1 Å². The molecule has 0 aliphatic heterocycles. The molecule has 2 N–H and O–H groups in total. The number of phenolic OH excluding ortho intramolecular Hbond substituents is 1. The second-order valence-corrected chi connectivity index (χ2v) is 6.50. The van der Waals surface area contributed by atoms with E-state index in [-0.39, 0.29) is 23.0 Å². The van der Waals surface area contributed by atoms with Crippen LogP contribution in [-0.2, 0) is 4.79 Å². The average Bonchev–Trinajstić information content (AvgIpc) is 3.14. The molecule has 0 saturated heterocycles. The van der Waals surface area contributed by atoms with Crippen molar-refractivity contribution in [1.29, 1.82) is 0 Å². The SMILES string of the molecule is COc1cc(/C=N\NC(=O)[C@H]2[C@@H]3CCCC[C@]32C)ccc1O. The fourth-order valence-electron chi connectivity index (χ4n) is 3.86. The number of nitrogens with one attached hydrogen (secondary N) is 1. The summed E-state index contributed by atoms with van der Waals surface area (Å²) in [6.07, 6.45) is 6.34. The smallest absolute Gasteiger partial charge is 0.244 e. The Balaban J connectivity index is 1.59. The summed E-state index contributed by atoms with van der Waals surface area (Å²) in [5.41, 5.74) is 3.61. The van der Waals surface area contributed by atoms with Crippen LogP contribution in [-0.4, -0.2) is 24.3 Å². The molecule has 2 fully saturated rings. The Morgan fingerprint density at radius 3 is 3.00 bits per heavy atom. The molecule has 1 aromatic rings. The number of hydrogen-bond donors (Lipinski definition) is 2. The summed E-state index contributed by atoms with van der Waals surface area (Å²) < 4.78 is 5.04. The number of fused-ring (bicyclic) bond motifs is 1. The van der Waals surface area contributed by atoms with Gasteiger partial charge in [0, 0.05) is 5.92 Å². The summed E-state index contributed by atoms with van der Waals surface area (Å²) in [7, 11) is 1.49. The highest BCUT2D eigenvalue weighted by molar-refractivity contribution is 5.86. The summed E-state index contributed by atoms with van der Waals surface area (Å²) >= 11 is 0. The van der Waals surface area contributed by atoms with Gasteiger partial charge < -0.3 is 9.84 Å². The predicted octanol–water partition coefficient (Wildman–Crippen LogP) is 2.68. The summed E-state index contributed by atoms with van der Waals surface area (Å²) in [6, 6.07) is 4.92. The maximum atomic E-state index is 12.3. The van der Waals surface area contributed by atoms with E-state index in [1.807, 2.05) is 0 Å². The highest BCUT2D eigenvalue weighted by atomic mass is 16.5. The molecule has 2 aliphatic carbocycles. The first-order valence-corrected chi connectivity index (χ1v) is 7.76. The van der Waals surface area contributed by atoms with Gasteiger partial charge in [-0.25, -0.2) is 5.43 Å².